The molecule has 0 aliphatic carbocycles. The molecule has 0 aliphatic rings. The van der Waals surface area contributed by atoms with Gasteiger partial charge in [0.05, 0.1) is 33.0 Å². The van der Waals surface area contributed by atoms with Crippen LogP contribution in [0.3, 0.4) is 0 Å². The summed E-state index contributed by atoms with van der Waals surface area (Å²) in [6.07, 6.45) is 0. The molecule has 20 heavy (non-hydrogen) atoms. The van der Waals surface area contributed by atoms with Gasteiger partial charge in [0.15, 0.2) is 0 Å². The second-order valence-electron chi connectivity index (χ2n) is 5.39. The van der Waals surface area contributed by atoms with Crippen molar-refractivity contribution in [2.45, 2.75) is 27.7 Å². The zero-order valence-electron chi connectivity index (χ0n) is 12.5. The van der Waals surface area contributed by atoms with Gasteiger partial charge in [-0.05, 0) is 0 Å². The fourth-order valence-electron chi connectivity index (χ4n) is 1.61. The molecular formula is C12H25O7P. The third-order valence-corrected chi connectivity index (χ3v) is 3.03. The number of phosphoric acid groups is 1. The summed E-state index contributed by atoms with van der Waals surface area (Å²) < 4.78 is 25.0. The highest BCUT2D eigenvalue weighted by Gasteiger charge is 2.29. The Balaban J connectivity index is 3.62. The minimum Gasteiger partial charge on any atom is -0.378 e. The molecule has 0 saturated carbocycles. The van der Waals surface area contributed by atoms with Crippen molar-refractivity contribution in [3.05, 3.63) is 0 Å². The van der Waals surface area contributed by atoms with Crippen LogP contribution in [-0.2, 0) is 23.4 Å². The van der Waals surface area contributed by atoms with Gasteiger partial charge in [0.2, 0.25) is 0 Å². The van der Waals surface area contributed by atoms with E-state index < -0.39 is 13.2 Å². The van der Waals surface area contributed by atoms with Crippen molar-refractivity contribution in [2.24, 2.45) is 11.3 Å². The van der Waals surface area contributed by atoms with E-state index in [1.807, 2.05) is 27.7 Å². The highest BCUT2D eigenvalue weighted by Crippen LogP contribution is 2.35. The molecule has 0 atom stereocenters. The summed E-state index contributed by atoms with van der Waals surface area (Å²) in [5, 5.41) is 0. The summed E-state index contributed by atoms with van der Waals surface area (Å²) in [6, 6.07) is 0. The number of ketones is 1. The first-order chi connectivity index (χ1) is 9.06. The third-order valence-electron chi connectivity index (χ3n) is 2.51. The summed E-state index contributed by atoms with van der Waals surface area (Å²) in [7, 11) is -4.42. The Hall–Kier alpha value is -0.300. The number of ether oxygens (including phenoxy) is 2. The second-order valence-corrected chi connectivity index (χ2v) is 6.63. The molecule has 0 saturated heterocycles. The van der Waals surface area contributed by atoms with Gasteiger partial charge in [-0.3, -0.25) is 9.32 Å². The summed E-state index contributed by atoms with van der Waals surface area (Å²) in [4.78, 5) is 28.7. The van der Waals surface area contributed by atoms with E-state index in [1.54, 1.807) is 0 Å². The number of carbonyl (C=O) groups excluding carboxylic acids is 1. The Morgan fingerprint density at radius 1 is 1.10 bits per heavy atom. The van der Waals surface area contributed by atoms with Gasteiger partial charge in [0.25, 0.3) is 0 Å². The predicted molar refractivity (Wildman–Crippen MR) is 73.3 cm³/mol. The summed E-state index contributed by atoms with van der Waals surface area (Å²) in [5.74, 6) is 0.114. The third kappa shape index (κ3) is 9.58. The molecule has 7 nitrogen and oxygen atoms in total. The van der Waals surface area contributed by atoms with Gasteiger partial charge in [-0.25, -0.2) is 4.57 Å². The second kappa shape index (κ2) is 8.87. The molecule has 0 aromatic rings. The van der Waals surface area contributed by atoms with Crippen LogP contribution < -0.4 is 0 Å². The molecule has 0 spiro atoms. The molecule has 0 amide bonds. The number of rotatable bonds is 11. The van der Waals surface area contributed by atoms with Crippen LogP contribution in [0.4, 0.5) is 0 Å². The van der Waals surface area contributed by atoms with E-state index in [0.29, 0.717) is 13.2 Å². The summed E-state index contributed by atoms with van der Waals surface area (Å²) >= 11 is 0. The molecule has 0 aliphatic heterocycles. The maximum Gasteiger partial charge on any atom is 0.469 e. The van der Waals surface area contributed by atoms with E-state index in [0.717, 1.165) is 0 Å². The minimum absolute atomic E-state index is 0.0327. The first-order valence-corrected chi connectivity index (χ1v) is 7.99. The Morgan fingerprint density at radius 2 is 1.60 bits per heavy atom. The summed E-state index contributed by atoms with van der Waals surface area (Å²) in [6.45, 7) is 8.18. The van der Waals surface area contributed by atoms with Gasteiger partial charge in [-0.2, -0.15) is 0 Å². The van der Waals surface area contributed by atoms with E-state index >= 15 is 0 Å². The zero-order valence-corrected chi connectivity index (χ0v) is 13.4. The van der Waals surface area contributed by atoms with Crippen LogP contribution in [0, 0.1) is 11.3 Å². The van der Waals surface area contributed by atoms with Crippen LogP contribution in [0.25, 0.3) is 0 Å². The van der Waals surface area contributed by atoms with Gasteiger partial charge in [-0.15, -0.1) is 0 Å². The molecule has 0 bridgehead atoms. The normalized spacial score (nSPS) is 12.9. The zero-order chi connectivity index (χ0) is 15.8. The van der Waals surface area contributed by atoms with Gasteiger partial charge >= 0.3 is 7.82 Å². The first-order valence-electron chi connectivity index (χ1n) is 6.46. The Kier molecular flexibility index (Phi) is 8.74. The number of phosphoric ester groups is 1. The monoisotopic (exact) mass is 312 g/mol. The molecule has 0 fully saturated rings. The fourth-order valence-corrected chi connectivity index (χ4v) is 1.93. The van der Waals surface area contributed by atoms with Crippen LogP contribution >= 0.6 is 7.82 Å². The van der Waals surface area contributed by atoms with Crippen LogP contribution in [0.1, 0.15) is 27.7 Å². The lowest BCUT2D eigenvalue weighted by molar-refractivity contribution is -0.133. The van der Waals surface area contributed by atoms with Crippen molar-refractivity contribution in [1.29, 1.82) is 0 Å². The lowest BCUT2D eigenvalue weighted by Gasteiger charge is -2.24. The van der Waals surface area contributed by atoms with Crippen LogP contribution in [-0.4, -0.2) is 48.6 Å². The highest BCUT2D eigenvalue weighted by atomic mass is 31.2. The van der Waals surface area contributed by atoms with Gasteiger partial charge in [0.1, 0.15) is 5.78 Å². The maximum absolute atomic E-state index is 11.9. The average Bonchev–Trinajstić information content (AvgIpc) is 2.29. The van der Waals surface area contributed by atoms with Crippen molar-refractivity contribution >= 4 is 13.6 Å². The first kappa shape index (κ1) is 19.7. The molecule has 0 heterocycles. The Bertz CT molecular complexity index is 335. The van der Waals surface area contributed by atoms with Crippen molar-refractivity contribution in [3.63, 3.8) is 0 Å². The largest absolute Gasteiger partial charge is 0.469 e. The standard InChI is InChI=1S/C12H25O7P/c1-10(2)11(13)12(3,4)9-18-6-5-17-7-8-19-20(14,15)16/h10H,5-9H2,1-4H3,(H2,14,15,16). The van der Waals surface area contributed by atoms with E-state index in [2.05, 4.69) is 4.52 Å². The molecular weight excluding hydrogens is 287 g/mol. The SMILES string of the molecule is CC(C)C(=O)C(C)(C)COCCOCCOP(=O)(O)O. The van der Waals surface area contributed by atoms with Gasteiger partial charge < -0.3 is 19.3 Å². The summed E-state index contributed by atoms with van der Waals surface area (Å²) in [5.41, 5.74) is -0.530. The molecule has 2 N–H and O–H groups in total. The maximum atomic E-state index is 11.9. The Morgan fingerprint density at radius 3 is 2.10 bits per heavy atom. The van der Waals surface area contributed by atoms with E-state index in [1.165, 1.54) is 0 Å². The van der Waals surface area contributed by atoms with Crippen LogP contribution in [0.15, 0.2) is 0 Å². The quantitative estimate of drug-likeness (QED) is 0.439. The smallest absolute Gasteiger partial charge is 0.378 e. The predicted octanol–water partition coefficient (Wildman–Crippen LogP) is 1.38. The molecule has 120 valence electrons. The van der Waals surface area contributed by atoms with Crippen molar-refractivity contribution < 1.29 is 33.1 Å². The molecule has 0 unspecified atom stereocenters. The molecule has 0 radical (unpaired) electrons. The van der Waals surface area contributed by atoms with E-state index in [-0.39, 0.29) is 31.5 Å². The lowest BCUT2D eigenvalue weighted by atomic mass is 9.83. The number of hydrogen-bond acceptors (Lipinski definition) is 5. The molecule has 8 heteroatoms. The van der Waals surface area contributed by atoms with E-state index in [4.69, 9.17) is 19.3 Å². The van der Waals surface area contributed by atoms with Crippen molar-refractivity contribution in [2.75, 3.05) is 33.0 Å². The van der Waals surface area contributed by atoms with Gasteiger partial charge in [-0.1, -0.05) is 27.7 Å². The van der Waals surface area contributed by atoms with Gasteiger partial charge in [0, 0.05) is 11.3 Å². The molecule has 0 rings (SSSR count). The number of carbonyl (C=O) groups is 1. The lowest BCUT2D eigenvalue weighted by Crippen LogP contribution is -2.33. The van der Waals surface area contributed by atoms with Crippen molar-refractivity contribution in [3.8, 4) is 0 Å². The van der Waals surface area contributed by atoms with E-state index in [9.17, 15) is 9.36 Å². The Labute approximate surface area is 119 Å². The average molecular weight is 312 g/mol. The minimum atomic E-state index is -4.42. The van der Waals surface area contributed by atoms with Crippen molar-refractivity contribution in [1.82, 2.24) is 0 Å². The fraction of sp³-hybridized carbons (Fsp3) is 0.917. The topological polar surface area (TPSA) is 102 Å². The van der Waals surface area contributed by atoms with Crippen LogP contribution in [0.5, 0.6) is 0 Å². The number of Topliss-reactive ketones (excluding diaryl/α,β-unsaturated/α-hetero) is 1. The highest BCUT2D eigenvalue weighted by molar-refractivity contribution is 7.46. The molecule has 0 aromatic carbocycles. The molecule has 0 aromatic heterocycles. The number of hydrogen-bond donors (Lipinski definition) is 2. The van der Waals surface area contributed by atoms with Crippen LogP contribution in [0.2, 0.25) is 0 Å².